The molecule has 0 fully saturated rings. The van der Waals surface area contributed by atoms with Crippen LogP contribution in [0.5, 0.6) is 0 Å². The predicted octanol–water partition coefficient (Wildman–Crippen LogP) is 2.84. The molecule has 0 saturated carbocycles. The minimum absolute atomic E-state index is 0.0596. The van der Waals surface area contributed by atoms with Crippen molar-refractivity contribution >= 4 is 23.6 Å². The van der Waals surface area contributed by atoms with Crippen molar-refractivity contribution in [3.63, 3.8) is 0 Å². The van der Waals surface area contributed by atoms with Crippen LogP contribution in [0.15, 0.2) is 24.3 Å². The Morgan fingerprint density at radius 1 is 1.43 bits per heavy atom. The molecular formula is C9H10ClNO3. The van der Waals surface area contributed by atoms with E-state index in [-0.39, 0.29) is 5.69 Å². The summed E-state index contributed by atoms with van der Waals surface area (Å²) in [4.78, 5) is 18.8. The van der Waals surface area contributed by atoms with Crippen LogP contribution in [0, 0.1) is 10.1 Å². The minimum Gasteiger partial charge on any atom is -0.303 e. The number of carbonyl (C=O) groups excluding carboxylic acids is 1. The lowest BCUT2D eigenvalue weighted by Crippen LogP contribution is -1.85. The molecule has 0 unspecified atom stereocenters. The molecule has 1 rings (SSSR count). The van der Waals surface area contributed by atoms with Gasteiger partial charge in [0.25, 0.3) is 5.69 Å². The molecule has 5 heteroatoms. The van der Waals surface area contributed by atoms with Crippen LogP contribution in [0.4, 0.5) is 5.69 Å². The average molecular weight is 216 g/mol. The maximum absolute atomic E-state index is 10.1. The number of rotatable bonds is 2. The van der Waals surface area contributed by atoms with Crippen LogP contribution in [-0.4, -0.2) is 11.2 Å². The fraction of sp³-hybridized carbons (Fsp3) is 0.222. The number of carbonyl (C=O) groups is 1. The Hall–Kier alpha value is -1.42. The van der Waals surface area contributed by atoms with Gasteiger partial charge in [-0.1, -0.05) is 18.5 Å². The van der Waals surface area contributed by atoms with Crippen LogP contribution in [0.25, 0.3) is 0 Å². The molecule has 0 radical (unpaired) electrons. The molecule has 1 aromatic carbocycles. The number of nitro groups is 1. The van der Waals surface area contributed by atoms with Crippen molar-refractivity contribution in [2.24, 2.45) is 0 Å². The van der Waals surface area contributed by atoms with Gasteiger partial charge in [-0.3, -0.25) is 10.1 Å². The number of aldehydes is 1. The van der Waals surface area contributed by atoms with Crippen LogP contribution in [0.1, 0.15) is 13.3 Å². The number of halogens is 1. The van der Waals surface area contributed by atoms with Gasteiger partial charge in [0.15, 0.2) is 0 Å². The third-order valence-electron chi connectivity index (χ3n) is 1.20. The van der Waals surface area contributed by atoms with E-state index in [2.05, 4.69) is 0 Å². The summed E-state index contributed by atoms with van der Waals surface area (Å²) in [5, 5.41) is 10.6. The molecule has 14 heavy (non-hydrogen) atoms. The first-order valence-electron chi connectivity index (χ1n) is 3.95. The third-order valence-corrected chi connectivity index (χ3v) is 1.46. The van der Waals surface area contributed by atoms with Gasteiger partial charge >= 0.3 is 0 Å². The molecular weight excluding hydrogens is 206 g/mol. The first kappa shape index (κ1) is 12.6. The molecule has 4 nitrogen and oxygen atoms in total. The van der Waals surface area contributed by atoms with Crippen molar-refractivity contribution in [3.05, 3.63) is 39.4 Å². The fourth-order valence-corrected chi connectivity index (χ4v) is 0.689. The highest BCUT2D eigenvalue weighted by molar-refractivity contribution is 6.30. The van der Waals surface area contributed by atoms with Gasteiger partial charge in [-0.15, -0.1) is 0 Å². The van der Waals surface area contributed by atoms with Crippen molar-refractivity contribution in [1.82, 2.24) is 0 Å². The normalized spacial score (nSPS) is 8.43. The molecule has 0 heterocycles. The van der Waals surface area contributed by atoms with Crippen molar-refractivity contribution in [1.29, 1.82) is 0 Å². The average Bonchev–Trinajstić information content (AvgIpc) is 2.19. The summed E-state index contributed by atoms with van der Waals surface area (Å²) in [6, 6.07) is 5.70. The molecule has 76 valence electrons. The molecule has 0 aliphatic rings. The summed E-state index contributed by atoms with van der Waals surface area (Å²) >= 11 is 5.49. The van der Waals surface area contributed by atoms with Crippen molar-refractivity contribution in [3.8, 4) is 0 Å². The lowest BCUT2D eigenvalue weighted by molar-refractivity contribution is -0.384. The third kappa shape index (κ3) is 5.27. The first-order valence-corrected chi connectivity index (χ1v) is 4.33. The highest BCUT2D eigenvalue weighted by atomic mass is 35.5. The van der Waals surface area contributed by atoms with E-state index in [9.17, 15) is 14.9 Å². The summed E-state index contributed by atoms with van der Waals surface area (Å²) in [5.74, 6) is 0. The zero-order valence-corrected chi connectivity index (χ0v) is 8.40. The number of non-ortho nitro benzene ring substituents is 1. The predicted molar refractivity (Wildman–Crippen MR) is 54.5 cm³/mol. The SMILES string of the molecule is CCC=O.O=[N+]([O-])c1ccc(Cl)cc1. The summed E-state index contributed by atoms with van der Waals surface area (Å²) in [6.07, 6.45) is 1.51. The van der Waals surface area contributed by atoms with Crippen molar-refractivity contribution in [2.75, 3.05) is 0 Å². The maximum atomic E-state index is 10.1. The molecule has 0 aliphatic carbocycles. The van der Waals surface area contributed by atoms with Gasteiger partial charge in [-0.25, -0.2) is 0 Å². The molecule has 0 bridgehead atoms. The number of nitro benzene ring substituents is 1. The quantitative estimate of drug-likeness (QED) is 0.433. The summed E-state index contributed by atoms with van der Waals surface area (Å²) in [5.41, 5.74) is 0.0596. The number of hydrogen-bond acceptors (Lipinski definition) is 3. The molecule has 0 amide bonds. The van der Waals surface area contributed by atoms with E-state index in [1.54, 1.807) is 0 Å². The number of hydrogen-bond donors (Lipinski definition) is 0. The maximum Gasteiger partial charge on any atom is 0.269 e. The smallest absolute Gasteiger partial charge is 0.269 e. The van der Waals surface area contributed by atoms with Crippen LogP contribution >= 0.6 is 11.6 Å². The van der Waals surface area contributed by atoms with E-state index in [4.69, 9.17) is 11.6 Å². The van der Waals surface area contributed by atoms with E-state index in [1.807, 2.05) is 6.92 Å². The highest BCUT2D eigenvalue weighted by Gasteiger charge is 2.01. The van der Waals surface area contributed by atoms with Crippen LogP contribution in [-0.2, 0) is 4.79 Å². The van der Waals surface area contributed by atoms with Crippen LogP contribution in [0.2, 0.25) is 5.02 Å². The summed E-state index contributed by atoms with van der Waals surface area (Å²) in [6.45, 7) is 1.81. The van der Waals surface area contributed by atoms with E-state index >= 15 is 0 Å². The Labute approximate surface area is 86.6 Å². The van der Waals surface area contributed by atoms with E-state index in [0.29, 0.717) is 11.4 Å². The monoisotopic (exact) mass is 215 g/mol. The summed E-state index contributed by atoms with van der Waals surface area (Å²) in [7, 11) is 0. The molecule has 0 aromatic heterocycles. The van der Waals surface area contributed by atoms with Crippen molar-refractivity contribution < 1.29 is 9.72 Å². The molecule has 1 aromatic rings. The Morgan fingerprint density at radius 3 is 2.14 bits per heavy atom. The number of nitrogens with zero attached hydrogens (tertiary/aromatic N) is 1. The standard InChI is InChI=1S/C6H4ClNO2.C3H6O/c7-5-1-3-6(4-2-5)8(9)10;1-2-3-4/h1-4H;3H,2H2,1H3. The second kappa shape index (κ2) is 7.03. The fourth-order valence-electron chi connectivity index (χ4n) is 0.563. The topological polar surface area (TPSA) is 60.2 Å². The van der Waals surface area contributed by atoms with E-state index < -0.39 is 4.92 Å². The number of benzene rings is 1. The van der Waals surface area contributed by atoms with E-state index in [1.165, 1.54) is 24.3 Å². The Morgan fingerprint density at radius 2 is 1.86 bits per heavy atom. The first-order chi connectivity index (χ1) is 6.61. The molecule has 0 atom stereocenters. The van der Waals surface area contributed by atoms with Crippen molar-refractivity contribution in [2.45, 2.75) is 13.3 Å². The Balaban J connectivity index is 0.000000364. The highest BCUT2D eigenvalue weighted by Crippen LogP contribution is 2.14. The van der Waals surface area contributed by atoms with Crippen LogP contribution < -0.4 is 0 Å². The van der Waals surface area contributed by atoms with Gasteiger partial charge in [0.1, 0.15) is 6.29 Å². The zero-order chi connectivity index (χ0) is 11.0. The lowest BCUT2D eigenvalue weighted by Gasteiger charge is -1.88. The van der Waals surface area contributed by atoms with Gasteiger partial charge < -0.3 is 4.79 Å². The lowest BCUT2D eigenvalue weighted by atomic mass is 10.3. The second-order valence-electron chi connectivity index (χ2n) is 2.31. The van der Waals surface area contributed by atoms with Gasteiger partial charge in [-0.2, -0.15) is 0 Å². The molecule has 0 saturated heterocycles. The second-order valence-corrected chi connectivity index (χ2v) is 2.74. The van der Waals surface area contributed by atoms with Gasteiger partial charge in [0.2, 0.25) is 0 Å². The van der Waals surface area contributed by atoms with Gasteiger partial charge in [-0.05, 0) is 12.1 Å². The Bertz CT molecular complexity index is 297. The molecule has 0 spiro atoms. The van der Waals surface area contributed by atoms with E-state index in [0.717, 1.165) is 6.29 Å². The Kier molecular flexibility index (Phi) is 6.32. The summed E-state index contributed by atoms with van der Waals surface area (Å²) < 4.78 is 0. The van der Waals surface area contributed by atoms with Gasteiger partial charge in [0.05, 0.1) is 4.92 Å². The van der Waals surface area contributed by atoms with Crippen LogP contribution in [0.3, 0.4) is 0 Å². The molecule has 0 N–H and O–H groups in total. The zero-order valence-electron chi connectivity index (χ0n) is 7.64. The minimum atomic E-state index is -0.462. The molecule has 0 aliphatic heterocycles. The van der Waals surface area contributed by atoms with Gasteiger partial charge in [0, 0.05) is 23.6 Å². The largest absolute Gasteiger partial charge is 0.303 e.